The number of aliphatic hydroxyl groups is 1. The summed E-state index contributed by atoms with van der Waals surface area (Å²) in [5, 5.41) is 13.9. The minimum absolute atomic E-state index is 0.643. The van der Waals surface area contributed by atoms with Crippen LogP contribution < -0.4 is 4.74 Å². The minimum atomic E-state index is -0.900. The van der Waals surface area contributed by atoms with E-state index in [2.05, 4.69) is 5.10 Å². The van der Waals surface area contributed by atoms with Crippen molar-refractivity contribution in [3.8, 4) is 5.75 Å². The van der Waals surface area contributed by atoms with Crippen LogP contribution in [-0.2, 0) is 7.05 Å². The predicted molar refractivity (Wildman–Crippen MR) is 54.2 cm³/mol. The van der Waals surface area contributed by atoms with Crippen LogP contribution in [-0.4, -0.2) is 26.1 Å². The maximum atomic E-state index is 9.86. The normalized spacial score (nSPS) is 13.0. The first-order valence-electron chi connectivity index (χ1n) is 4.62. The van der Waals surface area contributed by atoms with Gasteiger partial charge in [0.25, 0.3) is 0 Å². The van der Waals surface area contributed by atoms with Gasteiger partial charge in [-0.1, -0.05) is 0 Å². The molecule has 4 heteroatoms. The van der Waals surface area contributed by atoms with E-state index in [0.717, 1.165) is 0 Å². The Hall–Kier alpha value is -1.03. The van der Waals surface area contributed by atoms with Gasteiger partial charge in [0.1, 0.15) is 5.60 Å². The van der Waals surface area contributed by atoms with Crippen molar-refractivity contribution < 1.29 is 9.84 Å². The average molecular weight is 198 g/mol. The fourth-order valence-electron chi connectivity index (χ4n) is 0.871. The Balaban J connectivity index is 2.78. The first-order chi connectivity index (χ1) is 6.22. The number of ether oxygens (including phenoxy) is 1. The van der Waals surface area contributed by atoms with Crippen molar-refractivity contribution in [1.82, 2.24) is 9.78 Å². The second-order valence-electron chi connectivity index (χ2n) is 4.52. The number of hydrogen-bond acceptors (Lipinski definition) is 3. The van der Waals surface area contributed by atoms with Crippen LogP contribution in [0.5, 0.6) is 5.75 Å². The summed E-state index contributed by atoms with van der Waals surface area (Å²) >= 11 is 0. The fourth-order valence-corrected chi connectivity index (χ4v) is 0.871. The van der Waals surface area contributed by atoms with Crippen molar-refractivity contribution in [3.63, 3.8) is 0 Å². The molecule has 1 rings (SSSR count). The summed E-state index contributed by atoms with van der Waals surface area (Å²) in [5.41, 5.74) is -1.54. The highest BCUT2D eigenvalue weighted by Crippen LogP contribution is 2.27. The van der Waals surface area contributed by atoms with E-state index in [4.69, 9.17) is 4.74 Å². The molecule has 0 fully saturated rings. The Morgan fingerprint density at radius 3 is 2.29 bits per heavy atom. The molecule has 14 heavy (non-hydrogen) atoms. The number of nitrogens with zero attached hydrogens (tertiary/aromatic N) is 2. The molecule has 80 valence electrons. The summed E-state index contributed by atoms with van der Waals surface area (Å²) < 4.78 is 7.32. The Morgan fingerprint density at radius 1 is 1.36 bits per heavy atom. The first-order valence-corrected chi connectivity index (χ1v) is 4.62. The highest BCUT2D eigenvalue weighted by Gasteiger charge is 2.37. The lowest BCUT2D eigenvalue weighted by atomic mass is 9.89. The summed E-state index contributed by atoms with van der Waals surface area (Å²) in [6, 6.07) is 0. The second-order valence-corrected chi connectivity index (χ2v) is 4.52. The van der Waals surface area contributed by atoms with Crippen LogP contribution >= 0.6 is 0 Å². The largest absolute Gasteiger partial charge is 0.482 e. The fraction of sp³-hybridized carbons (Fsp3) is 0.700. The Morgan fingerprint density at radius 2 is 1.93 bits per heavy atom. The Bertz CT molecular complexity index is 310. The highest BCUT2D eigenvalue weighted by atomic mass is 16.5. The number of aryl methyl sites for hydroxylation is 1. The Labute approximate surface area is 84.5 Å². The molecule has 0 aliphatic rings. The van der Waals surface area contributed by atoms with Crippen LogP contribution in [0.2, 0.25) is 0 Å². The van der Waals surface area contributed by atoms with E-state index in [1.807, 2.05) is 20.9 Å². The quantitative estimate of drug-likeness (QED) is 0.797. The first kappa shape index (κ1) is 11.0. The number of rotatable bonds is 3. The van der Waals surface area contributed by atoms with Crippen molar-refractivity contribution in [1.29, 1.82) is 0 Å². The van der Waals surface area contributed by atoms with Crippen molar-refractivity contribution in [3.05, 3.63) is 12.4 Å². The van der Waals surface area contributed by atoms with E-state index in [9.17, 15) is 5.11 Å². The van der Waals surface area contributed by atoms with Crippen molar-refractivity contribution in [2.75, 3.05) is 0 Å². The molecule has 1 N–H and O–H groups in total. The third kappa shape index (κ3) is 2.26. The summed E-state index contributed by atoms with van der Waals surface area (Å²) in [5.74, 6) is 0.666. The molecule has 1 aromatic rings. The molecule has 0 amide bonds. The molecule has 0 aromatic carbocycles. The smallest absolute Gasteiger partial charge is 0.158 e. The zero-order chi connectivity index (χ0) is 11.0. The lowest BCUT2D eigenvalue weighted by molar-refractivity contribution is -0.0906. The van der Waals surface area contributed by atoms with Gasteiger partial charge >= 0.3 is 0 Å². The van der Waals surface area contributed by atoms with Crippen molar-refractivity contribution in [2.45, 2.75) is 38.9 Å². The molecule has 0 spiro atoms. The molecule has 0 atom stereocenters. The summed E-state index contributed by atoms with van der Waals surface area (Å²) in [4.78, 5) is 0. The molecule has 0 saturated carbocycles. The van der Waals surface area contributed by atoms with Crippen LogP contribution in [0.1, 0.15) is 27.7 Å². The predicted octanol–water partition coefficient (Wildman–Crippen LogP) is 1.35. The molecular formula is C10H18N2O2. The minimum Gasteiger partial charge on any atom is -0.482 e. The third-order valence-electron chi connectivity index (χ3n) is 2.53. The van der Waals surface area contributed by atoms with Crippen molar-refractivity contribution >= 4 is 0 Å². The number of hydrogen-bond donors (Lipinski definition) is 1. The zero-order valence-corrected chi connectivity index (χ0v) is 9.40. The van der Waals surface area contributed by atoms with Gasteiger partial charge in [0.15, 0.2) is 5.75 Å². The van der Waals surface area contributed by atoms with Crippen LogP contribution in [0, 0.1) is 0 Å². The van der Waals surface area contributed by atoms with E-state index in [1.54, 1.807) is 30.9 Å². The maximum absolute atomic E-state index is 9.86. The summed E-state index contributed by atoms with van der Waals surface area (Å²) in [7, 11) is 1.82. The molecule has 0 saturated heterocycles. The Kier molecular flexibility index (Phi) is 2.58. The van der Waals surface area contributed by atoms with Crippen LogP contribution in [0.15, 0.2) is 12.4 Å². The monoisotopic (exact) mass is 198 g/mol. The van der Waals surface area contributed by atoms with E-state index in [1.165, 1.54) is 0 Å². The molecule has 1 heterocycles. The van der Waals surface area contributed by atoms with E-state index < -0.39 is 11.2 Å². The molecule has 0 radical (unpaired) electrons. The molecular weight excluding hydrogens is 180 g/mol. The lowest BCUT2D eigenvalue weighted by Crippen LogP contribution is -2.49. The lowest BCUT2D eigenvalue weighted by Gasteiger charge is -2.36. The van der Waals surface area contributed by atoms with Crippen LogP contribution in [0.3, 0.4) is 0 Å². The van der Waals surface area contributed by atoms with Gasteiger partial charge < -0.3 is 9.84 Å². The van der Waals surface area contributed by atoms with Gasteiger partial charge in [-0.05, 0) is 27.7 Å². The van der Waals surface area contributed by atoms with Gasteiger partial charge in [-0.25, -0.2) is 0 Å². The number of aromatic nitrogens is 2. The van der Waals surface area contributed by atoms with Crippen LogP contribution in [0.25, 0.3) is 0 Å². The third-order valence-corrected chi connectivity index (χ3v) is 2.53. The zero-order valence-electron chi connectivity index (χ0n) is 9.40. The average Bonchev–Trinajstić information content (AvgIpc) is 2.31. The summed E-state index contributed by atoms with van der Waals surface area (Å²) in [6.07, 6.45) is 3.40. The highest BCUT2D eigenvalue weighted by molar-refractivity contribution is 5.14. The van der Waals surface area contributed by atoms with Gasteiger partial charge in [0.05, 0.1) is 18.0 Å². The van der Waals surface area contributed by atoms with Gasteiger partial charge in [-0.2, -0.15) is 5.10 Å². The maximum Gasteiger partial charge on any atom is 0.158 e. The molecule has 1 aromatic heterocycles. The van der Waals surface area contributed by atoms with E-state index >= 15 is 0 Å². The standard InChI is InChI=1S/C10H18N2O2/c1-9(2,13)10(3,4)14-8-6-11-12(5)7-8/h6-7,13H,1-5H3. The topological polar surface area (TPSA) is 47.3 Å². The van der Waals surface area contributed by atoms with Crippen molar-refractivity contribution in [2.24, 2.45) is 7.05 Å². The van der Waals surface area contributed by atoms with Gasteiger partial charge in [-0.3, -0.25) is 4.68 Å². The molecule has 0 aliphatic heterocycles. The summed E-state index contributed by atoms with van der Waals surface area (Å²) in [6.45, 7) is 7.15. The molecule has 0 aliphatic carbocycles. The molecule has 0 bridgehead atoms. The molecule has 0 unspecified atom stereocenters. The SMILES string of the molecule is Cn1cc(OC(C)(C)C(C)(C)O)cn1. The van der Waals surface area contributed by atoms with Gasteiger partial charge in [0, 0.05) is 7.05 Å². The van der Waals surface area contributed by atoms with Crippen LogP contribution in [0.4, 0.5) is 0 Å². The van der Waals surface area contributed by atoms with Gasteiger partial charge in [0.2, 0.25) is 0 Å². The molecule has 4 nitrogen and oxygen atoms in total. The van der Waals surface area contributed by atoms with Gasteiger partial charge in [-0.15, -0.1) is 0 Å². The second kappa shape index (κ2) is 3.28. The van der Waals surface area contributed by atoms with E-state index in [-0.39, 0.29) is 0 Å². The van der Waals surface area contributed by atoms with E-state index in [0.29, 0.717) is 5.75 Å².